The number of para-hydroxylation sites is 2. The van der Waals surface area contributed by atoms with E-state index in [2.05, 4.69) is 15.0 Å². The van der Waals surface area contributed by atoms with Crippen LogP contribution in [0.15, 0.2) is 72.9 Å². The number of hydrogen-bond acceptors (Lipinski definition) is 3. The SMILES string of the molecule is O=C(c1ccc(-c2ccccc2)nc1)N1CC(c2nc3ccccc3[nH]2)C1. The Morgan fingerprint density at radius 3 is 2.48 bits per heavy atom. The number of aromatic amines is 1. The monoisotopic (exact) mass is 354 g/mol. The minimum absolute atomic E-state index is 0.0227. The van der Waals surface area contributed by atoms with Gasteiger partial charge in [0.05, 0.1) is 28.2 Å². The normalized spacial score (nSPS) is 14.3. The smallest absolute Gasteiger partial charge is 0.255 e. The first kappa shape index (κ1) is 15.8. The van der Waals surface area contributed by atoms with Crippen LogP contribution in [0.4, 0.5) is 0 Å². The predicted molar refractivity (Wildman–Crippen MR) is 104 cm³/mol. The number of carbonyl (C=O) groups is 1. The molecule has 1 fully saturated rings. The van der Waals surface area contributed by atoms with E-state index in [1.807, 2.05) is 71.6 Å². The zero-order valence-electron chi connectivity index (χ0n) is 14.7. The zero-order chi connectivity index (χ0) is 18.2. The van der Waals surface area contributed by atoms with Gasteiger partial charge >= 0.3 is 0 Å². The molecule has 0 atom stereocenters. The van der Waals surface area contributed by atoms with Gasteiger partial charge in [0.1, 0.15) is 5.82 Å². The standard InChI is InChI=1S/C22H18N4O/c27-22(16-10-11-18(23-12-16)15-6-2-1-3-7-15)26-13-17(14-26)21-24-19-8-4-5-9-20(19)25-21/h1-12,17H,13-14H2,(H,24,25). The molecule has 27 heavy (non-hydrogen) atoms. The first-order chi connectivity index (χ1) is 13.3. The maximum atomic E-state index is 12.7. The summed E-state index contributed by atoms with van der Waals surface area (Å²) in [5.74, 6) is 1.24. The summed E-state index contributed by atoms with van der Waals surface area (Å²) >= 11 is 0. The van der Waals surface area contributed by atoms with E-state index in [1.165, 1.54) is 0 Å². The van der Waals surface area contributed by atoms with Crippen molar-refractivity contribution in [1.29, 1.82) is 0 Å². The Kier molecular flexibility index (Phi) is 3.71. The van der Waals surface area contributed by atoms with Gasteiger partial charge in [0, 0.05) is 24.8 Å². The van der Waals surface area contributed by atoms with Gasteiger partial charge in [0.15, 0.2) is 0 Å². The van der Waals surface area contributed by atoms with Crippen LogP contribution in [0.2, 0.25) is 0 Å². The quantitative estimate of drug-likeness (QED) is 0.608. The summed E-state index contributed by atoms with van der Waals surface area (Å²) < 4.78 is 0. The Morgan fingerprint density at radius 2 is 1.74 bits per heavy atom. The molecule has 2 aromatic heterocycles. The van der Waals surface area contributed by atoms with Crippen LogP contribution in [0.5, 0.6) is 0 Å². The molecule has 132 valence electrons. The number of imidazole rings is 1. The molecule has 0 unspecified atom stereocenters. The predicted octanol–water partition coefficient (Wildman–Crippen LogP) is 3.86. The van der Waals surface area contributed by atoms with Gasteiger partial charge in [-0.2, -0.15) is 0 Å². The van der Waals surface area contributed by atoms with Gasteiger partial charge in [-0.25, -0.2) is 4.98 Å². The van der Waals surface area contributed by atoms with E-state index >= 15 is 0 Å². The summed E-state index contributed by atoms with van der Waals surface area (Å²) in [6.07, 6.45) is 1.67. The van der Waals surface area contributed by atoms with Crippen molar-refractivity contribution in [1.82, 2.24) is 19.9 Å². The Hall–Kier alpha value is -3.47. The van der Waals surface area contributed by atoms with Crippen LogP contribution in [0.25, 0.3) is 22.3 Å². The average Bonchev–Trinajstić information content (AvgIpc) is 3.11. The van der Waals surface area contributed by atoms with Crippen LogP contribution >= 0.6 is 0 Å². The zero-order valence-corrected chi connectivity index (χ0v) is 14.7. The van der Waals surface area contributed by atoms with Crippen LogP contribution in [0.1, 0.15) is 22.1 Å². The number of aromatic nitrogens is 3. The van der Waals surface area contributed by atoms with E-state index in [9.17, 15) is 4.79 Å². The van der Waals surface area contributed by atoms with E-state index in [1.54, 1.807) is 6.20 Å². The van der Waals surface area contributed by atoms with Crippen LogP contribution in [-0.2, 0) is 0 Å². The molecule has 0 spiro atoms. The summed E-state index contributed by atoms with van der Waals surface area (Å²) in [7, 11) is 0. The van der Waals surface area contributed by atoms with Crippen molar-refractivity contribution in [3.8, 4) is 11.3 Å². The lowest BCUT2D eigenvalue weighted by Gasteiger charge is -2.38. The molecule has 1 aliphatic heterocycles. The van der Waals surface area contributed by atoms with Crippen LogP contribution in [0.3, 0.4) is 0 Å². The van der Waals surface area contributed by atoms with Crippen molar-refractivity contribution < 1.29 is 4.79 Å². The van der Waals surface area contributed by atoms with E-state index in [0.717, 1.165) is 28.1 Å². The highest BCUT2D eigenvalue weighted by Gasteiger charge is 2.34. The van der Waals surface area contributed by atoms with E-state index in [-0.39, 0.29) is 11.8 Å². The largest absolute Gasteiger partial charge is 0.342 e. The van der Waals surface area contributed by atoms with Gasteiger partial charge in [-0.15, -0.1) is 0 Å². The number of nitrogens with one attached hydrogen (secondary N) is 1. The number of fused-ring (bicyclic) bond motifs is 1. The van der Waals surface area contributed by atoms with Crippen molar-refractivity contribution in [2.24, 2.45) is 0 Å². The first-order valence-electron chi connectivity index (χ1n) is 9.03. The van der Waals surface area contributed by atoms with Crippen molar-refractivity contribution in [3.63, 3.8) is 0 Å². The molecule has 1 amide bonds. The summed E-state index contributed by atoms with van der Waals surface area (Å²) in [5.41, 5.74) is 4.55. The maximum Gasteiger partial charge on any atom is 0.255 e. The van der Waals surface area contributed by atoms with Gasteiger partial charge < -0.3 is 9.88 Å². The van der Waals surface area contributed by atoms with Gasteiger partial charge in [-0.05, 0) is 24.3 Å². The van der Waals surface area contributed by atoms with Crippen molar-refractivity contribution in [2.45, 2.75) is 5.92 Å². The summed E-state index contributed by atoms with van der Waals surface area (Å²) in [6.45, 7) is 1.36. The highest BCUT2D eigenvalue weighted by Crippen LogP contribution is 2.28. The number of likely N-dealkylation sites (tertiary alicyclic amines) is 1. The molecule has 5 rings (SSSR count). The molecule has 1 saturated heterocycles. The lowest BCUT2D eigenvalue weighted by Crippen LogP contribution is -2.48. The molecule has 3 heterocycles. The lowest BCUT2D eigenvalue weighted by atomic mass is 9.98. The fourth-order valence-electron chi connectivity index (χ4n) is 3.47. The van der Waals surface area contributed by atoms with Crippen LogP contribution < -0.4 is 0 Å². The van der Waals surface area contributed by atoms with E-state index < -0.39 is 0 Å². The Balaban J connectivity index is 1.27. The van der Waals surface area contributed by atoms with Gasteiger partial charge in [-0.3, -0.25) is 9.78 Å². The fraction of sp³-hybridized carbons (Fsp3) is 0.136. The number of rotatable bonds is 3. The molecule has 2 aromatic carbocycles. The topological polar surface area (TPSA) is 61.9 Å². The first-order valence-corrected chi connectivity index (χ1v) is 9.03. The highest BCUT2D eigenvalue weighted by molar-refractivity contribution is 5.94. The van der Waals surface area contributed by atoms with Gasteiger partial charge in [-0.1, -0.05) is 42.5 Å². The second-order valence-corrected chi connectivity index (χ2v) is 6.84. The molecule has 0 saturated carbocycles. The average molecular weight is 354 g/mol. The number of benzene rings is 2. The summed E-state index contributed by atoms with van der Waals surface area (Å²) in [6, 6.07) is 21.7. The summed E-state index contributed by atoms with van der Waals surface area (Å²) in [4.78, 5) is 27.0. The van der Waals surface area contributed by atoms with Crippen molar-refractivity contribution in [2.75, 3.05) is 13.1 Å². The van der Waals surface area contributed by atoms with Gasteiger partial charge in [0.25, 0.3) is 5.91 Å². The molecule has 0 aliphatic carbocycles. The van der Waals surface area contributed by atoms with Crippen molar-refractivity contribution in [3.05, 3.63) is 84.3 Å². The molecule has 5 heteroatoms. The molecular weight excluding hydrogens is 336 g/mol. The lowest BCUT2D eigenvalue weighted by molar-refractivity contribution is 0.0595. The Labute approximate surface area is 156 Å². The Bertz CT molecular complexity index is 1060. The molecule has 0 bridgehead atoms. The van der Waals surface area contributed by atoms with Gasteiger partial charge in [0.2, 0.25) is 0 Å². The number of nitrogens with zero attached hydrogens (tertiary/aromatic N) is 3. The maximum absolute atomic E-state index is 12.7. The third-order valence-electron chi connectivity index (χ3n) is 5.04. The molecule has 5 nitrogen and oxygen atoms in total. The minimum atomic E-state index is 0.0227. The molecular formula is C22H18N4O. The van der Waals surface area contributed by atoms with Crippen LogP contribution in [-0.4, -0.2) is 38.8 Å². The number of pyridine rings is 1. The number of carbonyl (C=O) groups excluding carboxylic acids is 1. The molecule has 4 aromatic rings. The molecule has 1 N–H and O–H groups in total. The molecule has 0 radical (unpaired) electrons. The third-order valence-corrected chi connectivity index (χ3v) is 5.04. The second kappa shape index (κ2) is 6.36. The second-order valence-electron chi connectivity index (χ2n) is 6.84. The van der Waals surface area contributed by atoms with Crippen molar-refractivity contribution >= 4 is 16.9 Å². The van der Waals surface area contributed by atoms with Crippen LogP contribution in [0, 0.1) is 0 Å². The minimum Gasteiger partial charge on any atom is -0.342 e. The summed E-state index contributed by atoms with van der Waals surface area (Å²) in [5, 5.41) is 0. The Morgan fingerprint density at radius 1 is 0.963 bits per heavy atom. The number of amides is 1. The molecule has 1 aliphatic rings. The van der Waals surface area contributed by atoms with E-state index in [0.29, 0.717) is 18.7 Å². The number of H-pyrrole nitrogens is 1. The third kappa shape index (κ3) is 2.87. The fourth-order valence-corrected chi connectivity index (χ4v) is 3.47. The van der Waals surface area contributed by atoms with E-state index in [4.69, 9.17) is 0 Å². The highest BCUT2D eigenvalue weighted by atomic mass is 16.2. The number of hydrogen-bond donors (Lipinski definition) is 1.